The molecule has 3 nitrogen and oxygen atoms in total. The van der Waals surface area contributed by atoms with Gasteiger partial charge in [-0.15, -0.1) is 0 Å². The van der Waals surface area contributed by atoms with Crippen LogP contribution in [0.2, 0.25) is 0 Å². The maximum absolute atomic E-state index is 6.42. The van der Waals surface area contributed by atoms with Crippen molar-refractivity contribution in [1.29, 1.82) is 0 Å². The highest BCUT2D eigenvalue weighted by molar-refractivity contribution is 6.14. The monoisotopic (exact) mass is 904 g/mol. The minimum absolute atomic E-state index is 0.878. The largest absolute Gasteiger partial charge is 0.456 e. The highest BCUT2D eigenvalue weighted by atomic mass is 16.3. The summed E-state index contributed by atoms with van der Waals surface area (Å²) in [6.45, 7) is 0. The predicted octanol–water partition coefficient (Wildman–Crippen LogP) is 19.1. The van der Waals surface area contributed by atoms with Crippen LogP contribution in [0, 0.1) is 0 Å². The molecule has 0 bridgehead atoms. The van der Waals surface area contributed by atoms with Crippen LogP contribution in [-0.2, 0) is 0 Å². The molecule has 14 aromatic rings. The first-order valence-electron chi connectivity index (χ1n) is 24.3. The summed E-state index contributed by atoms with van der Waals surface area (Å²) in [5.41, 5.74) is 17.8. The second kappa shape index (κ2) is 16.7. The van der Waals surface area contributed by atoms with E-state index in [1.165, 1.54) is 65.6 Å². The number of hydrogen-bond donors (Lipinski definition) is 0. The van der Waals surface area contributed by atoms with E-state index >= 15 is 0 Å². The second-order valence-electron chi connectivity index (χ2n) is 18.4. The van der Waals surface area contributed by atoms with Crippen molar-refractivity contribution in [2.24, 2.45) is 0 Å². The zero-order chi connectivity index (χ0) is 46.8. The predicted molar refractivity (Wildman–Crippen MR) is 299 cm³/mol. The van der Waals surface area contributed by atoms with Gasteiger partial charge in [-0.05, 0) is 133 Å². The molecule has 332 valence electrons. The molecule has 0 aliphatic heterocycles. The minimum atomic E-state index is 0.878. The van der Waals surface area contributed by atoms with Gasteiger partial charge in [0.2, 0.25) is 0 Å². The van der Waals surface area contributed by atoms with E-state index in [-0.39, 0.29) is 0 Å². The van der Waals surface area contributed by atoms with Gasteiger partial charge in [0.15, 0.2) is 0 Å². The van der Waals surface area contributed by atoms with E-state index in [1.807, 2.05) is 6.07 Å². The summed E-state index contributed by atoms with van der Waals surface area (Å²) in [6.07, 6.45) is 0. The maximum atomic E-state index is 6.42. The third-order valence-electron chi connectivity index (χ3n) is 14.4. The lowest BCUT2D eigenvalue weighted by molar-refractivity contribution is 0.669. The maximum Gasteiger partial charge on any atom is 0.136 e. The highest BCUT2D eigenvalue weighted by Crippen LogP contribution is 2.46. The molecule has 0 saturated carbocycles. The Morgan fingerprint density at radius 1 is 0.296 bits per heavy atom. The lowest BCUT2D eigenvalue weighted by Crippen LogP contribution is -2.11. The van der Waals surface area contributed by atoms with Crippen LogP contribution in [0.15, 0.2) is 271 Å². The molecule has 0 aliphatic rings. The first-order valence-corrected chi connectivity index (χ1v) is 24.3. The SMILES string of the molecule is c1cc(-c2ccc3c(ccc4ccccc43)c2)cc(N(c2ccc(-c3ccc(-c4ccc(-n5c6ccccc6c6ccccc65)cc4)cc3)cc2)c2ccccc2-c2cccc3oc4ccccc4c23)c1. The van der Waals surface area contributed by atoms with E-state index in [0.29, 0.717) is 0 Å². The van der Waals surface area contributed by atoms with Crippen LogP contribution in [0.5, 0.6) is 0 Å². The van der Waals surface area contributed by atoms with Crippen molar-refractivity contribution in [3.63, 3.8) is 0 Å². The molecule has 0 spiro atoms. The Hall–Kier alpha value is -9.44. The molecule has 0 atom stereocenters. The number of anilines is 3. The number of fused-ring (bicyclic) bond motifs is 9. The van der Waals surface area contributed by atoms with Crippen molar-refractivity contribution in [3.05, 3.63) is 267 Å². The Bertz CT molecular complexity index is 4280. The van der Waals surface area contributed by atoms with Gasteiger partial charge in [-0.3, -0.25) is 0 Å². The third kappa shape index (κ3) is 6.89. The standard InChI is InChI=1S/C68H44N2O/c1-2-16-56-49(13-1)31-32-52-43-51(37-42-57(52)56)50-14-11-15-55(44-50)69(63-22-7-5-19-60(63)61-21-12-26-67-68(61)62-20-6-10-25-66(62)71-67)53-38-33-47(34-39-53)45-27-29-46(30-28-45)48-35-40-54(41-36-48)70-64-23-8-3-17-58(64)59-18-4-9-24-65(59)70/h1-44H. The van der Waals surface area contributed by atoms with E-state index < -0.39 is 0 Å². The van der Waals surface area contributed by atoms with Crippen molar-refractivity contribution in [3.8, 4) is 50.2 Å². The van der Waals surface area contributed by atoms with E-state index in [4.69, 9.17) is 4.42 Å². The summed E-state index contributed by atoms with van der Waals surface area (Å²) in [5, 5.41) is 9.78. The van der Waals surface area contributed by atoms with Gasteiger partial charge in [0.25, 0.3) is 0 Å². The van der Waals surface area contributed by atoms with Crippen LogP contribution < -0.4 is 4.90 Å². The lowest BCUT2D eigenvalue weighted by Gasteiger charge is -2.28. The van der Waals surface area contributed by atoms with Gasteiger partial charge in [0, 0.05) is 44.2 Å². The van der Waals surface area contributed by atoms with Gasteiger partial charge in [-0.1, -0.05) is 194 Å². The highest BCUT2D eigenvalue weighted by Gasteiger charge is 2.21. The molecule has 0 amide bonds. The Balaban J connectivity index is 0.833. The summed E-state index contributed by atoms with van der Waals surface area (Å²) >= 11 is 0. The van der Waals surface area contributed by atoms with Crippen molar-refractivity contribution < 1.29 is 4.42 Å². The van der Waals surface area contributed by atoms with Gasteiger partial charge in [0.1, 0.15) is 11.2 Å². The van der Waals surface area contributed by atoms with Gasteiger partial charge < -0.3 is 13.9 Å². The first kappa shape index (κ1) is 40.6. The number of aromatic nitrogens is 1. The molecule has 0 saturated heterocycles. The summed E-state index contributed by atoms with van der Waals surface area (Å²) in [5.74, 6) is 0. The fourth-order valence-corrected chi connectivity index (χ4v) is 11.0. The average molecular weight is 905 g/mol. The molecular formula is C68H44N2O. The van der Waals surface area contributed by atoms with Crippen molar-refractivity contribution in [2.75, 3.05) is 4.90 Å². The van der Waals surface area contributed by atoms with Crippen LogP contribution >= 0.6 is 0 Å². The summed E-state index contributed by atoms with van der Waals surface area (Å²) in [6, 6.07) is 96.7. The summed E-state index contributed by atoms with van der Waals surface area (Å²) in [4.78, 5) is 2.41. The molecule has 0 aliphatic carbocycles. The van der Waals surface area contributed by atoms with Gasteiger partial charge in [-0.25, -0.2) is 0 Å². The molecule has 0 unspecified atom stereocenters. The molecule has 2 aromatic heterocycles. The zero-order valence-electron chi connectivity index (χ0n) is 38.7. The van der Waals surface area contributed by atoms with Crippen LogP contribution in [-0.4, -0.2) is 4.57 Å². The lowest BCUT2D eigenvalue weighted by atomic mass is 9.95. The molecule has 3 heteroatoms. The molecule has 0 fully saturated rings. The normalized spacial score (nSPS) is 11.7. The Labute approximate surface area is 411 Å². The van der Waals surface area contributed by atoms with Crippen LogP contribution in [0.1, 0.15) is 0 Å². The number of furan rings is 1. The Morgan fingerprint density at radius 3 is 1.56 bits per heavy atom. The third-order valence-corrected chi connectivity index (χ3v) is 14.4. The Kier molecular flexibility index (Phi) is 9.53. The van der Waals surface area contributed by atoms with Gasteiger partial charge in [-0.2, -0.15) is 0 Å². The average Bonchev–Trinajstić information content (AvgIpc) is 4.00. The smallest absolute Gasteiger partial charge is 0.136 e. The zero-order valence-corrected chi connectivity index (χ0v) is 38.7. The van der Waals surface area contributed by atoms with Crippen LogP contribution in [0.3, 0.4) is 0 Å². The second-order valence-corrected chi connectivity index (χ2v) is 18.4. The summed E-state index contributed by atoms with van der Waals surface area (Å²) in [7, 11) is 0. The van der Waals surface area contributed by atoms with E-state index in [0.717, 1.165) is 66.9 Å². The fourth-order valence-electron chi connectivity index (χ4n) is 11.0. The first-order chi connectivity index (χ1) is 35.2. The number of para-hydroxylation sites is 4. The van der Waals surface area contributed by atoms with Gasteiger partial charge >= 0.3 is 0 Å². The molecule has 0 radical (unpaired) electrons. The number of nitrogens with zero attached hydrogens (tertiary/aromatic N) is 2. The minimum Gasteiger partial charge on any atom is -0.456 e. The molecule has 12 aromatic carbocycles. The van der Waals surface area contributed by atoms with E-state index in [9.17, 15) is 0 Å². The van der Waals surface area contributed by atoms with Crippen LogP contribution in [0.4, 0.5) is 17.1 Å². The topological polar surface area (TPSA) is 21.3 Å². The molecular weight excluding hydrogens is 861 g/mol. The number of benzene rings is 12. The van der Waals surface area contributed by atoms with Crippen molar-refractivity contribution in [2.45, 2.75) is 0 Å². The Morgan fingerprint density at radius 2 is 0.817 bits per heavy atom. The number of hydrogen-bond acceptors (Lipinski definition) is 2. The molecule has 71 heavy (non-hydrogen) atoms. The fraction of sp³-hybridized carbons (Fsp3) is 0. The number of rotatable bonds is 8. The summed E-state index contributed by atoms with van der Waals surface area (Å²) < 4.78 is 8.79. The quantitative estimate of drug-likeness (QED) is 0.142. The molecule has 14 rings (SSSR count). The van der Waals surface area contributed by atoms with Gasteiger partial charge in [0.05, 0.1) is 16.7 Å². The molecule has 2 heterocycles. The van der Waals surface area contributed by atoms with Crippen LogP contribution in [0.25, 0.3) is 115 Å². The molecule has 0 N–H and O–H groups in total. The van der Waals surface area contributed by atoms with Crippen molar-refractivity contribution >= 4 is 82.4 Å². The van der Waals surface area contributed by atoms with Crippen molar-refractivity contribution in [1.82, 2.24) is 4.57 Å². The van der Waals surface area contributed by atoms with E-state index in [2.05, 4.69) is 270 Å². The van der Waals surface area contributed by atoms with E-state index in [1.54, 1.807) is 0 Å².